The van der Waals surface area contributed by atoms with Gasteiger partial charge in [-0.15, -0.1) is 0 Å². The molecule has 9 aromatic carbocycles. The fourth-order valence-electron chi connectivity index (χ4n) is 8.23. The normalized spacial score (nSPS) is 11.0. The van der Waals surface area contributed by atoms with E-state index in [9.17, 15) is 0 Å². The molecule has 1 aromatic heterocycles. The summed E-state index contributed by atoms with van der Waals surface area (Å²) in [6, 6.07) is 86.1. The fourth-order valence-corrected chi connectivity index (χ4v) is 8.23. The summed E-state index contributed by atoms with van der Waals surface area (Å²) < 4.78 is 0. The Labute approximate surface area is 351 Å². The van der Waals surface area contributed by atoms with E-state index in [1.54, 1.807) is 0 Å². The summed E-state index contributed by atoms with van der Waals surface area (Å²) in [5.41, 5.74) is 18.8. The van der Waals surface area contributed by atoms with Crippen molar-refractivity contribution in [2.75, 3.05) is 0 Å². The fraction of sp³-hybridized carbons (Fsp3) is 0. The Morgan fingerprint density at radius 3 is 1.07 bits per heavy atom. The van der Waals surface area contributed by atoms with Crippen LogP contribution in [0.25, 0.3) is 101 Å². The second-order valence-corrected chi connectivity index (χ2v) is 14.9. The van der Waals surface area contributed by atoms with E-state index >= 15 is 0 Å². The molecule has 0 aliphatic carbocycles. The van der Waals surface area contributed by atoms with Crippen molar-refractivity contribution in [1.82, 2.24) is 9.97 Å². The minimum absolute atomic E-state index is 0.686. The van der Waals surface area contributed by atoms with Crippen LogP contribution in [0.1, 0.15) is 0 Å². The molecular weight excluding hydrogens is 725 g/mol. The Balaban J connectivity index is 1.21. The summed E-state index contributed by atoms with van der Waals surface area (Å²) in [6.45, 7) is 0. The van der Waals surface area contributed by atoms with Crippen molar-refractivity contribution in [2.24, 2.45) is 0 Å². The van der Waals surface area contributed by atoms with Gasteiger partial charge in [0.1, 0.15) is 0 Å². The van der Waals surface area contributed by atoms with Crippen molar-refractivity contribution >= 4 is 0 Å². The highest BCUT2D eigenvalue weighted by Gasteiger charge is 2.24. The Bertz CT molecular complexity index is 3020. The monoisotopic (exact) mass is 764 g/mol. The SMILES string of the molecule is c1ccc(-c2ccc(-c3nc(-c4ccccc4)cc(-c4cccc(-c5cc(-c6ccccc6)c(-c6ccccc6)c(-c6ccccc6)c5-c5ccccc5)c4)n3)cc2)cc1. The molecule has 0 radical (unpaired) electrons. The number of nitrogens with zero attached hydrogens (tertiary/aromatic N) is 2. The van der Waals surface area contributed by atoms with E-state index in [0.29, 0.717) is 5.82 Å². The molecule has 2 nitrogen and oxygen atoms in total. The summed E-state index contributed by atoms with van der Waals surface area (Å²) in [4.78, 5) is 10.4. The maximum atomic E-state index is 5.29. The van der Waals surface area contributed by atoms with Crippen LogP contribution >= 0.6 is 0 Å². The quantitative estimate of drug-likeness (QED) is 0.146. The smallest absolute Gasteiger partial charge is 0.160 e. The number of rotatable bonds is 9. The third-order valence-electron chi connectivity index (χ3n) is 11.1. The predicted octanol–water partition coefficient (Wildman–Crippen LogP) is 15.5. The van der Waals surface area contributed by atoms with Gasteiger partial charge in [-0.05, 0) is 85.0 Å². The molecule has 2 heteroatoms. The van der Waals surface area contributed by atoms with Crippen molar-refractivity contribution in [3.63, 3.8) is 0 Å². The molecule has 0 atom stereocenters. The maximum absolute atomic E-state index is 5.29. The Morgan fingerprint density at radius 1 is 0.200 bits per heavy atom. The Morgan fingerprint density at radius 2 is 0.550 bits per heavy atom. The number of hydrogen-bond acceptors (Lipinski definition) is 2. The van der Waals surface area contributed by atoms with Crippen LogP contribution in [0, 0.1) is 0 Å². The topological polar surface area (TPSA) is 25.8 Å². The lowest BCUT2D eigenvalue weighted by Gasteiger charge is -2.24. The summed E-state index contributed by atoms with van der Waals surface area (Å²) in [5.74, 6) is 0.686. The zero-order chi connectivity index (χ0) is 40.1. The van der Waals surface area contributed by atoms with Crippen LogP contribution in [0.5, 0.6) is 0 Å². The van der Waals surface area contributed by atoms with Crippen LogP contribution in [0.4, 0.5) is 0 Å². The van der Waals surface area contributed by atoms with Gasteiger partial charge in [0.15, 0.2) is 5.82 Å². The molecule has 0 saturated carbocycles. The van der Waals surface area contributed by atoms with E-state index in [4.69, 9.17) is 9.97 Å². The van der Waals surface area contributed by atoms with Gasteiger partial charge in [-0.2, -0.15) is 0 Å². The van der Waals surface area contributed by atoms with E-state index in [0.717, 1.165) is 61.5 Å². The molecule has 0 fully saturated rings. The first-order valence-electron chi connectivity index (χ1n) is 20.4. The zero-order valence-corrected chi connectivity index (χ0v) is 33.0. The first-order valence-corrected chi connectivity index (χ1v) is 20.4. The van der Waals surface area contributed by atoms with Gasteiger partial charge in [0.05, 0.1) is 11.4 Å². The van der Waals surface area contributed by atoms with E-state index < -0.39 is 0 Å². The van der Waals surface area contributed by atoms with Crippen LogP contribution < -0.4 is 0 Å². The molecule has 0 bridgehead atoms. The average Bonchev–Trinajstić information content (AvgIpc) is 3.35. The minimum atomic E-state index is 0.686. The van der Waals surface area contributed by atoms with Gasteiger partial charge in [0, 0.05) is 16.7 Å². The largest absolute Gasteiger partial charge is 0.228 e. The van der Waals surface area contributed by atoms with Crippen molar-refractivity contribution < 1.29 is 0 Å². The molecule has 0 N–H and O–H groups in total. The molecule has 1 heterocycles. The van der Waals surface area contributed by atoms with Crippen molar-refractivity contribution in [2.45, 2.75) is 0 Å². The van der Waals surface area contributed by atoms with Gasteiger partial charge in [0.25, 0.3) is 0 Å². The molecule has 60 heavy (non-hydrogen) atoms. The third kappa shape index (κ3) is 7.35. The standard InChI is InChI=1S/C58H40N2/c1-7-20-41(21-8-1)42-34-36-48(37-35-42)58-59-53(44-24-11-3-12-25-44)40-54(60-58)50-33-19-32-49(38-50)52-39-51(43-22-9-2-10-23-43)55(45-26-13-4-14-27-45)57(47-30-17-6-18-31-47)56(52)46-28-15-5-16-29-46/h1-40H. The predicted molar refractivity (Wildman–Crippen MR) is 251 cm³/mol. The second-order valence-electron chi connectivity index (χ2n) is 14.9. The van der Waals surface area contributed by atoms with Crippen molar-refractivity contribution in [1.29, 1.82) is 0 Å². The molecule has 10 rings (SSSR count). The minimum Gasteiger partial charge on any atom is -0.228 e. The second kappa shape index (κ2) is 16.5. The molecular formula is C58H40N2. The summed E-state index contributed by atoms with van der Waals surface area (Å²) in [6.07, 6.45) is 0. The Kier molecular flexibility index (Phi) is 10.0. The Hall–Kier alpha value is -7.94. The molecule has 10 aromatic rings. The summed E-state index contributed by atoms with van der Waals surface area (Å²) in [7, 11) is 0. The average molecular weight is 765 g/mol. The molecule has 0 saturated heterocycles. The lowest BCUT2D eigenvalue weighted by Crippen LogP contribution is -1.98. The van der Waals surface area contributed by atoms with E-state index in [2.05, 4.69) is 231 Å². The van der Waals surface area contributed by atoms with Crippen molar-refractivity contribution in [3.8, 4) is 101 Å². The molecule has 0 aliphatic heterocycles. The summed E-state index contributed by atoms with van der Waals surface area (Å²) in [5, 5.41) is 0. The van der Waals surface area contributed by atoms with Gasteiger partial charge >= 0.3 is 0 Å². The molecule has 0 aliphatic rings. The van der Waals surface area contributed by atoms with E-state index in [1.165, 1.54) is 33.4 Å². The van der Waals surface area contributed by atoms with Crippen LogP contribution in [0.3, 0.4) is 0 Å². The third-order valence-corrected chi connectivity index (χ3v) is 11.1. The molecule has 0 amide bonds. The highest BCUT2D eigenvalue weighted by molar-refractivity contribution is 6.07. The van der Waals surface area contributed by atoms with Crippen LogP contribution in [-0.4, -0.2) is 9.97 Å². The van der Waals surface area contributed by atoms with Crippen molar-refractivity contribution in [3.05, 3.63) is 243 Å². The van der Waals surface area contributed by atoms with Gasteiger partial charge in [-0.3, -0.25) is 0 Å². The lowest BCUT2D eigenvalue weighted by molar-refractivity contribution is 1.18. The van der Waals surface area contributed by atoms with Crippen LogP contribution in [0.15, 0.2) is 243 Å². The van der Waals surface area contributed by atoms with Crippen LogP contribution in [0.2, 0.25) is 0 Å². The summed E-state index contributed by atoms with van der Waals surface area (Å²) >= 11 is 0. The highest BCUT2D eigenvalue weighted by Crippen LogP contribution is 2.50. The number of hydrogen-bond donors (Lipinski definition) is 0. The zero-order valence-electron chi connectivity index (χ0n) is 33.0. The molecule has 0 spiro atoms. The van der Waals surface area contributed by atoms with Gasteiger partial charge in [-0.25, -0.2) is 9.97 Å². The highest BCUT2D eigenvalue weighted by atomic mass is 14.9. The van der Waals surface area contributed by atoms with Crippen LogP contribution in [-0.2, 0) is 0 Å². The number of benzene rings is 9. The van der Waals surface area contributed by atoms with E-state index in [-0.39, 0.29) is 0 Å². The van der Waals surface area contributed by atoms with Gasteiger partial charge in [-0.1, -0.05) is 224 Å². The number of aromatic nitrogens is 2. The first-order chi connectivity index (χ1) is 29.8. The maximum Gasteiger partial charge on any atom is 0.160 e. The lowest BCUT2D eigenvalue weighted by atomic mass is 9.78. The molecule has 0 unspecified atom stereocenters. The van der Waals surface area contributed by atoms with Gasteiger partial charge in [0.2, 0.25) is 0 Å². The van der Waals surface area contributed by atoms with Gasteiger partial charge < -0.3 is 0 Å². The first kappa shape index (κ1) is 36.4. The molecule has 282 valence electrons. The van der Waals surface area contributed by atoms with E-state index in [1.807, 2.05) is 12.1 Å².